The third-order valence-corrected chi connectivity index (χ3v) is 6.73. The third-order valence-electron chi connectivity index (χ3n) is 6.73. The molecule has 1 saturated carbocycles. The third kappa shape index (κ3) is 5.10. The highest BCUT2D eigenvalue weighted by Gasteiger charge is 2.39. The van der Waals surface area contributed by atoms with Gasteiger partial charge in [-0.1, -0.05) is 19.3 Å². The molecule has 3 rings (SSSR count). The lowest BCUT2D eigenvalue weighted by Gasteiger charge is -2.34. The van der Waals surface area contributed by atoms with E-state index in [1.54, 1.807) is 7.11 Å². The lowest BCUT2D eigenvalue weighted by molar-refractivity contribution is 0.120. The first-order valence-electron chi connectivity index (χ1n) is 10.4. The van der Waals surface area contributed by atoms with Crippen molar-refractivity contribution in [2.75, 3.05) is 60.0 Å². The Labute approximate surface area is 154 Å². The molecule has 0 atom stereocenters. The lowest BCUT2D eigenvalue weighted by atomic mass is 9.73. The predicted octanol–water partition coefficient (Wildman–Crippen LogP) is 2.58. The number of piperidine rings is 1. The molecule has 1 aliphatic carbocycles. The molecule has 0 aromatic carbocycles. The lowest BCUT2D eigenvalue weighted by Crippen LogP contribution is -2.45. The van der Waals surface area contributed by atoms with E-state index >= 15 is 0 Å². The molecule has 2 aliphatic heterocycles. The summed E-state index contributed by atoms with van der Waals surface area (Å²) >= 11 is 0. The summed E-state index contributed by atoms with van der Waals surface area (Å²) in [6.07, 6.45) is 11.1. The Balaban J connectivity index is 1.40. The zero-order valence-electron chi connectivity index (χ0n) is 16.4. The molecule has 144 valence electrons. The van der Waals surface area contributed by atoms with Crippen LogP contribution in [0.4, 0.5) is 0 Å². The molecule has 1 N–H and O–H groups in total. The Morgan fingerprint density at radius 2 is 1.88 bits per heavy atom. The summed E-state index contributed by atoms with van der Waals surface area (Å²) in [4.78, 5) is 9.65. The molecule has 0 aromatic heterocycles. The molecule has 2 saturated heterocycles. The molecular weight excluding hydrogens is 312 g/mol. The fourth-order valence-electron chi connectivity index (χ4n) is 5.03. The number of rotatable bonds is 5. The summed E-state index contributed by atoms with van der Waals surface area (Å²) in [5, 5.41) is 3.69. The van der Waals surface area contributed by atoms with Crippen LogP contribution in [-0.4, -0.2) is 75.8 Å². The summed E-state index contributed by atoms with van der Waals surface area (Å²) in [7, 11) is 3.74. The Kier molecular flexibility index (Phi) is 7.00. The van der Waals surface area contributed by atoms with Gasteiger partial charge in [-0.15, -0.1) is 0 Å². The maximum Gasteiger partial charge on any atom is 0.193 e. The smallest absolute Gasteiger partial charge is 0.193 e. The highest BCUT2D eigenvalue weighted by atomic mass is 16.5. The van der Waals surface area contributed by atoms with Crippen LogP contribution in [0.25, 0.3) is 0 Å². The maximum absolute atomic E-state index is 5.19. The van der Waals surface area contributed by atoms with Crippen LogP contribution in [0.5, 0.6) is 0 Å². The van der Waals surface area contributed by atoms with Crippen molar-refractivity contribution in [3.63, 3.8) is 0 Å². The van der Waals surface area contributed by atoms with Crippen molar-refractivity contribution < 1.29 is 4.74 Å². The quantitative estimate of drug-likeness (QED) is 0.611. The van der Waals surface area contributed by atoms with E-state index in [4.69, 9.17) is 4.74 Å². The standard InChI is InChI=1S/C20H38N4O/c1-21-19(24-13-10-20(17-24)8-4-3-5-9-20)22-16-18-6-11-23(12-7-18)14-15-25-2/h18H,3-17H2,1-2H3,(H,21,22). The van der Waals surface area contributed by atoms with E-state index in [1.165, 1.54) is 77.5 Å². The molecule has 0 aromatic rings. The van der Waals surface area contributed by atoms with Gasteiger partial charge < -0.3 is 19.9 Å². The Hall–Kier alpha value is -0.810. The highest BCUT2D eigenvalue weighted by Crippen LogP contribution is 2.43. The van der Waals surface area contributed by atoms with Crippen LogP contribution >= 0.6 is 0 Å². The molecule has 3 aliphatic rings. The topological polar surface area (TPSA) is 40.1 Å². The van der Waals surface area contributed by atoms with E-state index < -0.39 is 0 Å². The van der Waals surface area contributed by atoms with E-state index in [9.17, 15) is 0 Å². The zero-order chi connectivity index (χ0) is 17.5. The van der Waals surface area contributed by atoms with Crippen LogP contribution in [0.15, 0.2) is 4.99 Å². The van der Waals surface area contributed by atoms with E-state index in [1.807, 2.05) is 7.05 Å². The largest absolute Gasteiger partial charge is 0.383 e. The number of nitrogens with one attached hydrogen (secondary N) is 1. The van der Waals surface area contributed by atoms with Crippen LogP contribution < -0.4 is 5.32 Å². The van der Waals surface area contributed by atoms with Gasteiger partial charge in [0.05, 0.1) is 6.61 Å². The Bertz CT molecular complexity index is 425. The van der Waals surface area contributed by atoms with Gasteiger partial charge in [-0.25, -0.2) is 0 Å². The summed E-state index contributed by atoms with van der Waals surface area (Å²) in [6.45, 7) is 7.84. The number of guanidine groups is 1. The minimum Gasteiger partial charge on any atom is -0.383 e. The van der Waals surface area contributed by atoms with Gasteiger partial charge in [-0.2, -0.15) is 0 Å². The van der Waals surface area contributed by atoms with Gasteiger partial charge in [0, 0.05) is 40.3 Å². The first kappa shape index (κ1) is 19.0. The fraction of sp³-hybridized carbons (Fsp3) is 0.950. The molecule has 25 heavy (non-hydrogen) atoms. The van der Waals surface area contributed by atoms with Crippen LogP contribution in [-0.2, 0) is 4.74 Å². The molecule has 0 amide bonds. The van der Waals surface area contributed by atoms with E-state index in [2.05, 4.69) is 20.1 Å². The van der Waals surface area contributed by atoms with Crippen LogP contribution in [0.1, 0.15) is 51.4 Å². The molecule has 3 fully saturated rings. The van der Waals surface area contributed by atoms with Crippen molar-refractivity contribution in [1.29, 1.82) is 0 Å². The first-order chi connectivity index (χ1) is 12.2. The maximum atomic E-state index is 5.19. The summed E-state index contributed by atoms with van der Waals surface area (Å²) in [5.74, 6) is 1.92. The summed E-state index contributed by atoms with van der Waals surface area (Å²) in [6, 6.07) is 0. The normalized spacial score (nSPS) is 25.7. The second kappa shape index (κ2) is 9.22. The monoisotopic (exact) mass is 350 g/mol. The van der Waals surface area contributed by atoms with Crippen molar-refractivity contribution in [1.82, 2.24) is 15.1 Å². The van der Waals surface area contributed by atoms with Crippen molar-refractivity contribution in [2.45, 2.75) is 51.4 Å². The second-order valence-electron chi connectivity index (χ2n) is 8.44. The van der Waals surface area contributed by atoms with E-state index in [-0.39, 0.29) is 0 Å². The zero-order valence-corrected chi connectivity index (χ0v) is 16.4. The summed E-state index contributed by atoms with van der Waals surface area (Å²) < 4.78 is 5.19. The average Bonchev–Trinajstić information content (AvgIpc) is 3.05. The number of likely N-dealkylation sites (tertiary alicyclic amines) is 2. The summed E-state index contributed by atoms with van der Waals surface area (Å²) in [5.41, 5.74) is 0.600. The van der Waals surface area contributed by atoms with Crippen LogP contribution in [0.3, 0.4) is 0 Å². The molecule has 5 nitrogen and oxygen atoms in total. The van der Waals surface area contributed by atoms with Gasteiger partial charge in [0.15, 0.2) is 5.96 Å². The molecule has 0 unspecified atom stereocenters. The fourth-order valence-corrected chi connectivity index (χ4v) is 5.03. The van der Waals surface area contributed by atoms with Crippen LogP contribution in [0, 0.1) is 11.3 Å². The average molecular weight is 351 g/mol. The van der Waals surface area contributed by atoms with Crippen molar-refractivity contribution >= 4 is 5.96 Å². The number of hydrogen-bond donors (Lipinski definition) is 1. The Morgan fingerprint density at radius 3 is 2.56 bits per heavy atom. The SMILES string of the molecule is CN=C(NCC1CCN(CCOC)CC1)N1CCC2(CCCCC2)C1. The van der Waals surface area contributed by atoms with Gasteiger partial charge in [0.25, 0.3) is 0 Å². The number of methoxy groups -OCH3 is 1. The highest BCUT2D eigenvalue weighted by molar-refractivity contribution is 5.80. The minimum absolute atomic E-state index is 0.600. The first-order valence-corrected chi connectivity index (χ1v) is 10.4. The van der Waals surface area contributed by atoms with E-state index in [0.717, 1.165) is 31.6 Å². The number of nitrogens with zero attached hydrogens (tertiary/aromatic N) is 3. The Morgan fingerprint density at radius 1 is 1.12 bits per heavy atom. The van der Waals surface area contributed by atoms with Gasteiger partial charge in [0.2, 0.25) is 0 Å². The van der Waals surface area contributed by atoms with Gasteiger partial charge in [-0.3, -0.25) is 4.99 Å². The molecule has 1 spiro atoms. The van der Waals surface area contributed by atoms with Gasteiger partial charge >= 0.3 is 0 Å². The number of ether oxygens (including phenoxy) is 1. The van der Waals surface area contributed by atoms with Gasteiger partial charge in [0.1, 0.15) is 0 Å². The van der Waals surface area contributed by atoms with Gasteiger partial charge in [-0.05, 0) is 56.5 Å². The minimum atomic E-state index is 0.600. The predicted molar refractivity (Wildman–Crippen MR) is 104 cm³/mol. The second-order valence-corrected chi connectivity index (χ2v) is 8.44. The van der Waals surface area contributed by atoms with Crippen LogP contribution in [0.2, 0.25) is 0 Å². The molecule has 0 radical (unpaired) electrons. The van der Waals surface area contributed by atoms with E-state index in [0.29, 0.717) is 5.41 Å². The van der Waals surface area contributed by atoms with Crippen molar-refractivity contribution in [3.05, 3.63) is 0 Å². The number of hydrogen-bond acceptors (Lipinski definition) is 3. The van der Waals surface area contributed by atoms with Crippen molar-refractivity contribution in [3.8, 4) is 0 Å². The molecular formula is C20H38N4O. The number of aliphatic imine (C=N–C) groups is 1. The van der Waals surface area contributed by atoms with Crippen molar-refractivity contribution in [2.24, 2.45) is 16.3 Å². The molecule has 0 bridgehead atoms. The molecule has 2 heterocycles. The molecule has 5 heteroatoms.